The lowest BCUT2D eigenvalue weighted by atomic mass is 10.1. The second-order valence-corrected chi connectivity index (χ2v) is 5.35. The van der Waals surface area contributed by atoms with Gasteiger partial charge in [0.05, 0.1) is 6.61 Å². The van der Waals surface area contributed by atoms with Crippen LogP contribution in [0.15, 0.2) is 48.5 Å². The summed E-state index contributed by atoms with van der Waals surface area (Å²) in [5.41, 5.74) is 9.15. The van der Waals surface area contributed by atoms with Crippen molar-refractivity contribution >= 4 is 12.2 Å². The summed E-state index contributed by atoms with van der Waals surface area (Å²) >= 11 is 0. The topological polar surface area (TPSA) is 44.5 Å². The summed E-state index contributed by atoms with van der Waals surface area (Å²) in [5.74, 6) is 0.875. The van der Waals surface area contributed by atoms with E-state index in [9.17, 15) is 0 Å². The van der Waals surface area contributed by atoms with Gasteiger partial charge in [-0.1, -0.05) is 54.6 Å². The van der Waals surface area contributed by atoms with Crippen molar-refractivity contribution < 1.29 is 9.47 Å². The highest BCUT2D eigenvalue weighted by molar-refractivity contribution is 5.72. The third kappa shape index (κ3) is 5.89. The molecule has 0 radical (unpaired) electrons. The summed E-state index contributed by atoms with van der Waals surface area (Å²) in [4.78, 5) is 0. The number of hydrogen-bond acceptors (Lipinski definition) is 3. The van der Waals surface area contributed by atoms with Crippen LogP contribution in [0.25, 0.3) is 12.2 Å². The van der Waals surface area contributed by atoms with Crippen LogP contribution in [0.2, 0.25) is 0 Å². The Morgan fingerprint density at radius 3 is 2.70 bits per heavy atom. The van der Waals surface area contributed by atoms with Gasteiger partial charge in [-0.25, -0.2) is 0 Å². The van der Waals surface area contributed by atoms with E-state index in [1.54, 1.807) is 7.11 Å². The monoisotopic (exact) mass is 311 g/mol. The van der Waals surface area contributed by atoms with Crippen LogP contribution in [0, 0.1) is 0 Å². The molecule has 3 nitrogen and oxygen atoms in total. The van der Waals surface area contributed by atoms with Crippen molar-refractivity contribution in [3.8, 4) is 5.75 Å². The van der Waals surface area contributed by atoms with Crippen LogP contribution in [0.5, 0.6) is 5.75 Å². The van der Waals surface area contributed by atoms with E-state index in [0.717, 1.165) is 30.7 Å². The first-order valence-electron chi connectivity index (χ1n) is 8.01. The molecule has 0 saturated heterocycles. The van der Waals surface area contributed by atoms with E-state index in [1.807, 2.05) is 18.2 Å². The van der Waals surface area contributed by atoms with Gasteiger partial charge in [-0.05, 0) is 36.6 Å². The number of aryl methyl sites for hydroxylation is 1. The lowest BCUT2D eigenvalue weighted by Crippen LogP contribution is -2.04. The number of para-hydroxylation sites is 1. The molecule has 0 aromatic heterocycles. The van der Waals surface area contributed by atoms with Gasteiger partial charge in [-0.2, -0.15) is 0 Å². The minimum Gasteiger partial charge on any atom is -0.491 e. The van der Waals surface area contributed by atoms with Crippen LogP contribution in [0.4, 0.5) is 0 Å². The second-order valence-electron chi connectivity index (χ2n) is 5.35. The lowest BCUT2D eigenvalue weighted by Gasteiger charge is -2.08. The van der Waals surface area contributed by atoms with Crippen LogP contribution in [0.1, 0.15) is 23.1 Å². The summed E-state index contributed by atoms with van der Waals surface area (Å²) in [6, 6.07) is 16.6. The molecule has 3 heteroatoms. The maximum atomic E-state index is 5.75. The highest BCUT2D eigenvalue weighted by Crippen LogP contribution is 2.21. The van der Waals surface area contributed by atoms with Gasteiger partial charge in [0.1, 0.15) is 12.4 Å². The summed E-state index contributed by atoms with van der Waals surface area (Å²) in [6.45, 7) is 1.86. The zero-order valence-corrected chi connectivity index (χ0v) is 13.7. The fourth-order valence-electron chi connectivity index (χ4n) is 2.33. The molecule has 0 unspecified atom stereocenters. The molecule has 0 fully saturated rings. The molecular formula is C20H25NO2. The highest BCUT2D eigenvalue weighted by atomic mass is 16.5. The van der Waals surface area contributed by atoms with Crippen LogP contribution in [-0.2, 0) is 11.2 Å². The van der Waals surface area contributed by atoms with Gasteiger partial charge in [0.2, 0.25) is 0 Å². The van der Waals surface area contributed by atoms with Gasteiger partial charge < -0.3 is 15.2 Å². The second kappa shape index (κ2) is 9.82. The largest absolute Gasteiger partial charge is 0.491 e. The lowest BCUT2D eigenvalue weighted by molar-refractivity contribution is 0.146. The van der Waals surface area contributed by atoms with Crippen molar-refractivity contribution in [1.29, 1.82) is 0 Å². The van der Waals surface area contributed by atoms with Gasteiger partial charge in [0.15, 0.2) is 0 Å². The first kappa shape index (κ1) is 17.3. The minimum absolute atomic E-state index is 0.552. The predicted molar refractivity (Wildman–Crippen MR) is 96.6 cm³/mol. The van der Waals surface area contributed by atoms with Crippen molar-refractivity contribution in [2.24, 2.45) is 5.73 Å². The number of nitrogens with two attached hydrogens (primary N) is 1. The molecule has 0 heterocycles. The zero-order chi connectivity index (χ0) is 16.3. The van der Waals surface area contributed by atoms with E-state index >= 15 is 0 Å². The van der Waals surface area contributed by atoms with E-state index < -0.39 is 0 Å². The SMILES string of the molecule is COCCOc1ccccc1/C=C\c1cccc(CCCN)c1. The van der Waals surface area contributed by atoms with E-state index in [1.165, 1.54) is 11.1 Å². The molecule has 2 N–H and O–H groups in total. The van der Waals surface area contributed by atoms with Crippen molar-refractivity contribution in [2.45, 2.75) is 12.8 Å². The molecule has 122 valence electrons. The Kier molecular flexibility index (Phi) is 7.37. The van der Waals surface area contributed by atoms with Gasteiger partial charge in [0.25, 0.3) is 0 Å². The maximum Gasteiger partial charge on any atom is 0.126 e. The van der Waals surface area contributed by atoms with Crippen LogP contribution >= 0.6 is 0 Å². The molecule has 0 aliphatic rings. The number of methoxy groups -OCH3 is 1. The Labute approximate surface area is 138 Å². The van der Waals surface area contributed by atoms with Crippen molar-refractivity contribution in [1.82, 2.24) is 0 Å². The standard InChI is InChI=1S/C20H25NO2/c1-22-14-15-23-20-10-3-2-9-19(20)12-11-18-7-4-6-17(16-18)8-5-13-21/h2-4,6-7,9-12,16H,5,8,13-15,21H2,1H3/b12-11-. The number of hydrogen-bond donors (Lipinski definition) is 1. The van der Waals surface area contributed by atoms with E-state index in [-0.39, 0.29) is 0 Å². The summed E-state index contributed by atoms with van der Waals surface area (Å²) < 4.78 is 10.8. The van der Waals surface area contributed by atoms with Crippen LogP contribution < -0.4 is 10.5 Å². The fourth-order valence-corrected chi connectivity index (χ4v) is 2.33. The molecule has 0 saturated carbocycles. The molecule has 2 aromatic carbocycles. The molecule has 0 spiro atoms. The Balaban J connectivity index is 2.07. The fraction of sp³-hybridized carbons (Fsp3) is 0.300. The molecular weight excluding hydrogens is 286 g/mol. The maximum absolute atomic E-state index is 5.75. The number of rotatable bonds is 9. The van der Waals surface area contributed by atoms with Crippen molar-refractivity contribution in [3.05, 3.63) is 65.2 Å². The zero-order valence-electron chi connectivity index (χ0n) is 13.7. The first-order chi connectivity index (χ1) is 11.3. The van der Waals surface area contributed by atoms with Crippen molar-refractivity contribution in [3.63, 3.8) is 0 Å². The van der Waals surface area contributed by atoms with Crippen molar-refractivity contribution in [2.75, 3.05) is 26.9 Å². The third-order valence-electron chi connectivity index (χ3n) is 3.54. The molecule has 2 aromatic rings. The third-order valence-corrected chi connectivity index (χ3v) is 3.54. The molecule has 0 amide bonds. The number of ether oxygens (including phenoxy) is 2. The summed E-state index contributed by atoms with van der Waals surface area (Å²) in [5, 5.41) is 0. The number of benzene rings is 2. The molecule has 0 aliphatic carbocycles. The average Bonchev–Trinajstić information content (AvgIpc) is 2.60. The van der Waals surface area contributed by atoms with Gasteiger partial charge in [-0.15, -0.1) is 0 Å². The first-order valence-corrected chi connectivity index (χ1v) is 8.01. The Morgan fingerprint density at radius 1 is 1.00 bits per heavy atom. The Bertz CT molecular complexity index is 623. The normalized spacial score (nSPS) is 11.0. The van der Waals surface area contributed by atoms with Gasteiger partial charge >= 0.3 is 0 Å². The van der Waals surface area contributed by atoms with Gasteiger partial charge in [0, 0.05) is 12.7 Å². The van der Waals surface area contributed by atoms with E-state index in [0.29, 0.717) is 13.2 Å². The molecule has 0 bridgehead atoms. The van der Waals surface area contributed by atoms with E-state index in [4.69, 9.17) is 15.2 Å². The molecule has 2 rings (SSSR count). The van der Waals surface area contributed by atoms with Crippen LogP contribution in [0.3, 0.4) is 0 Å². The minimum atomic E-state index is 0.552. The average molecular weight is 311 g/mol. The van der Waals surface area contributed by atoms with Gasteiger partial charge in [-0.3, -0.25) is 0 Å². The Morgan fingerprint density at radius 2 is 1.87 bits per heavy atom. The summed E-state index contributed by atoms with van der Waals surface area (Å²) in [7, 11) is 1.67. The Hall–Kier alpha value is -2.10. The molecule has 0 aliphatic heterocycles. The predicted octanol–water partition coefficient (Wildman–Crippen LogP) is 3.77. The quantitative estimate of drug-likeness (QED) is 0.566. The molecule has 0 atom stereocenters. The van der Waals surface area contributed by atoms with Crippen LogP contribution in [-0.4, -0.2) is 26.9 Å². The van der Waals surface area contributed by atoms with E-state index in [2.05, 4.69) is 42.5 Å². The molecule has 23 heavy (non-hydrogen) atoms. The smallest absolute Gasteiger partial charge is 0.126 e. The highest BCUT2D eigenvalue weighted by Gasteiger charge is 2.00. The summed E-state index contributed by atoms with van der Waals surface area (Å²) in [6.07, 6.45) is 6.24.